The van der Waals surface area contributed by atoms with Crippen LogP contribution in [0.5, 0.6) is 5.75 Å². The third-order valence-electron chi connectivity index (χ3n) is 3.43. The summed E-state index contributed by atoms with van der Waals surface area (Å²) in [5.74, 6) is 6.72. The highest BCUT2D eigenvalue weighted by Crippen LogP contribution is 2.25. The van der Waals surface area contributed by atoms with Crippen molar-refractivity contribution >= 4 is 5.91 Å². The topological polar surface area (TPSA) is 29.5 Å². The van der Waals surface area contributed by atoms with Gasteiger partial charge in [-0.25, -0.2) is 0 Å². The van der Waals surface area contributed by atoms with Crippen LogP contribution in [0.3, 0.4) is 0 Å². The molecule has 2 aromatic rings. The molecule has 3 heteroatoms. The molecule has 1 fully saturated rings. The van der Waals surface area contributed by atoms with E-state index < -0.39 is 6.10 Å². The summed E-state index contributed by atoms with van der Waals surface area (Å²) in [6, 6.07) is 18.6. The number of para-hydroxylation sites is 1. The van der Waals surface area contributed by atoms with Gasteiger partial charge in [0.15, 0.2) is 0 Å². The first-order chi connectivity index (χ1) is 10.8. The lowest BCUT2D eigenvalue weighted by molar-refractivity contribution is -0.153. The number of carbonyl (C=O) groups excluding carboxylic acids is 1. The molecular formula is C19H15NO2. The molecule has 108 valence electrons. The second kappa shape index (κ2) is 6.19. The minimum absolute atomic E-state index is 0.119. The average Bonchev–Trinajstić information content (AvgIpc) is 2.58. The van der Waals surface area contributed by atoms with Gasteiger partial charge >= 0.3 is 0 Å². The lowest BCUT2D eigenvalue weighted by Crippen LogP contribution is -2.64. The highest BCUT2D eigenvalue weighted by Gasteiger charge is 2.47. The van der Waals surface area contributed by atoms with Crippen molar-refractivity contribution in [1.82, 2.24) is 4.90 Å². The molecule has 2 aromatic carbocycles. The van der Waals surface area contributed by atoms with Gasteiger partial charge in [-0.15, -0.1) is 0 Å². The molecule has 1 aliphatic heterocycles. The smallest absolute Gasteiger partial charge is 0.272 e. The summed E-state index contributed by atoms with van der Waals surface area (Å²) in [5, 5.41) is 0. The Hall–Kier alpha value is -2.99. The third kappa shape index (κ3) is 2.72. The Kier molecular flexibility index (Phi) is 3.93. The first kappa shape index (κ1) is 14.0. The van der Waals surface area contributed by atoms with E-state index in [0.717, 1.165) is 5.56 Å². The van der Waals surface area contributed by atoms with Gasteiger partial charge < -0.3 is 4.74 Å². The summed E-state index contributed by atoms with van der Waals surface area (Å²) in [6.07, 6.45) is 0.911. The van der Waals surface area contributed by atoms with Crippen molar-refractivity contribution in [3.63, 3.8) is 0 Å². The second-order valence-electron chi connectivity index (χ2n) is 4.86. The Labute approximate surface area is 129 Å². The summed E-state index contributed by atoms with van der Waals surface area (Å²) < 4.78 is 5.75. The van der Waals surface area contributed by atoms with Crippen molar-refractivity contribution in [2.75, 3.05) is 0 Å². The molecule has 0 aromatic heterocycles. The molecule has 1 aliphatic rings. The van der Waals surface area contributed by atoms with Gasteiger partial charge in [-0.1, -0.05) is 54.8 Å². The zero-order valence-electron chi connectivity index (χ0n) is 12.0. The van der Waals surface area contributed by atoms with Crippen molar-refractivity contribution in [2.24, 2.45) is 0 Å². The average molecular weight is 289 g/mol. The number of amides is 1. The number of carbonyl (C=O) groups is 1. The summed E-state index contributed by atoms with van der Waals surface area (Å²) >= 11 is 0. The number of rotatable bonds is 3. The molecular weight excluding hydrogens is 274 g/mol. The zero-order valence-corrected chi connectivity index (χ0v) is 12.0. The fraction of sp³-hybridized carbons (Fsp3) is 0.105. The van der Waals surface area contributed by atoms with Gasteiger partial charge in [-0.2, -0.15) is 0 Å². The van der Waals surface area contributed by atoms with Crippen LogP contribution in [0.15, 0.2) is 73.4 Å². The number of hydrogen-bond acceptors (Lipinski definition) is 2. The summed E-state index contributed by atoms with van der Waals surface area (Å²) in [6.45, 7) is 3.66. The molecule has 1 heterocycles. The maximum Gasteiger partial charge on any atom is 0.272 e. The van der Waals surface area contributed by atoms with Gasteiger partial charge in [-0.05, 0) is 24.3 Å². The van der Waals surface area contributed by atoms with E-state index in [1.807, 2.05) is 60.7 Å². The monoisotopic (exact) mass is 289 g/mol. The number of β-lactam (4-membered cyclic amide) rings is 1. The molecule has 0 spiro atoms. The predicted octanol–water partition coefficient (Wildman–Crippen LogP) is 2.84. The van der Waals surface area contributed by atoms with Crippen LogP contribution in [-0.4, -0.2) is 23.0 Å². The van der Waals surface area contributed by atoms with Gasteiger partial charge in [0.05, 0.1) is 0 Å². The van der Waals surface area contributed by atoms with Gasteiger partial charge in [0.1, 0.15) is 11.8 Å². The van der Waals surface area contributed by atoms with Crippen molar-refractivity contribution in [2.45, 2.75) is 12.1 Å². The van der Waals surface area contributed by atoms with Gasteiger partial charge in [0.25, 0.3) is 5.91 Å². The van der Waals surface area contributed by atoms with Crippen LogP contribution in [0, 0.1) is 11.8 Å². The Morgan fingerprint density at radius 3 is 2.32 bits per heavy atom. The van der Waals surface area contributed by atoms with Crippen LogP contribution in [0.2, 0.25) is 0 Å². The fourth-order valence-corrected chi connectivity index (χ4v) is 2.27. The summed E-state index contributed by atoms with van der Waals surface area (Å²) in [5.41, 5.74) is 0.907. The Morgan fingerprint density at radius 1 is 1.05 bits per heavy atom. The molecule has 3 nitrogen and oxygen atoms in total. The van der Waals surface area contributed by atoms with Crippen molar-refractivity contribution in [1.29, 1.82) is 0 Å². The number of likely N-dealkylation sites (tertiary alicyclic amines) is 1. The van der Waals surface area contributed by atoms with Crippen LogP contribution >= 0.6 is 0 Å². The third-order valence-corrected chi connectivity index (χ3v) is 3.43. The SMILES string of the molecule is C=CN1C(=O)[C@H](Oc2ccccc2)[C@H]1C#Cc1ccccc1. The van der Waals surface area contributed by atoms with Crippen LogP contribution in [0.25, 0.3) is 0 Å². The number of nitrogens with zero attached hydrogens (tertiary/aromatic N) is 1. The van der Waals surface area contributed by atoms with Crippen molar-refractivity contribution in [3.8, 4) is 17.6 Å². The first-order valence-corrected chi connectivity index (χ1v) is 7.02. The van der Waals surface area contributed by atoms with Crippen LogP contribution in [0.4, 0.5) is 0 Å². The molecule has 0 radical (unpaired) electrons. The molecule has 2 atom stereocenters. The van der Waals surface area contributed by atoms with E-state index in [2.05, 4.69) is 18.4 Å². The maximum atomic E-state index is 12.1. The molecule has 0 N–H and O–H groups in total. The van der Waals surface area contributed by atoms with E-state index in [0.29, 0.717) is 5.75 Å². The molecule has 0 aliphatic carbocycles. The minimum atomic E-state index is -0.586. The predicted molar refractivity (Wildman–Crippen MR) is 85.0 cm³/mol. The van der Waals surface area contributed by atoms with E-state index in [9.17, 15) is 4.79 Å². The quantitative estimate of drug-likeness (QED) is 0.642. The molecule has 0 bridgehead atoms. The van der Waals surface area contributed by atoms with Crippen LogP contribution in [-0.2, 0) is 4.79 Å². The fourth-order valence-electron chi connectivity index (χ4n) is 2.27. The lowest BCUT2D eigenvalue weighted by atomic mass is 9.98. The zero-order chi connectivity index (χ0) is 15.4. The standard InChI is InChI=1S/C19H15NO2/c1-2-20-17(14-13-15-9-5-3-6-10-15)18(19(20)21)22-16-11-7-4-8-12-16/h2-12,17-18H,1H2/t17-,18-/m1/s1. The molecule has 22 heavy (non-hydrogen) atoms. The highest BCUT2D eigenvalue weighted by atomic mass is 16.5. The number of benzene rings is 2. The second-order valence-corrected chi connectivity index (χ2v) is 4.86. The Balaban J connectivity index is 1.79. The van der Waals surface area contributed by atoms with Crippen LogP contribution in [0.1, 0.15) is 5.56 Å². The van der Waals surface area contributed by atoms with Gasteiger partial charge in [0.2, 0.25) is 6.10 Å². The summed E-state index contributed by atoms with van der Waals surface area (Å²) in [4.78, 5) is 13.6. The Morgan fingerprint density at radius 2 is 1.68 bits per heavy atom. The molecule has 1 saturated heterocycles. The maximum absolute atomic E-state index is 12.1. The largest absolute Gasteiger partial charge is 0.477 e. The van der Waals surface area contributed by atoms with E-state index in [1.54, 1.807) is 0 Å². The summed E-state index contributed by atoms with van der Waals surface area (Å²) in [7, 11) is 0. The highest BCUT2D eigenvalue weighted by molar-refractivity contribution is 5.91. The Bertz CT molecular complexity index is 728. The first-order valence-electron chi connectivity index (χ1n) is 7.02. The van der Waals surface area contributed by atoms with Crippen LogP contribution < -0.4 is 4.74 Å². The minimum Gasteiger partial charge on any atom is -0.477 e. The van der Waals surface area contributed by atoms with E-state index in [1.165, 1.54) is 11.1 Å². The van der Waals surface area contributed by atoms with Crippen molar-refractivity contribution in [3.05, 3.63) is 79.0 Å². The van der Waals surface area contributed by atoms with E-state index >= 15 is 0 Å². The van der Waals surface area contributed by atoms with E-state index in [4.69, 9.17) is 4.74 Å². The molecule has 1 amide bonds. The number of ether oxygens (including phenoxy) is 1. The molecule has 0 unspecified atom stereocenters. The van der Waals surface area contributed by atoms with E-state index in [-0.39, 0.29) is 11.9 Å². The van der Waals surface area contributed by atoms with Crippen molar-refractivity contribution < 1.29 is 9.53 Å². The molecule has 3 rings (SSSR count). The molecule has 0 saturated carbocycles. The lowest BCUT2D eigenvalue weighted by Gasteiger charge is -2.41. The normalized spacial score (nSPS) is 19.6. The number of hydrogen-bond donors (Lipinski definition) is 0. The van der Waals surface area contributed by atoms with Gasteiger partial charge in [-0.3, -0.25) is 9.69 Å². The van der Waals surface area contributed by atoms with Gasteiger partial charge in [0, 0.05) is 11.8 Å².